The number of hydrogen-bond donors (Lipinski definition) is 1. The van der Waals surface area contributed by atoms with Gasteiger partial charge in [0.2, 0.25) is 0 Å². The van der Waals surface area contributed by atoms with Gasteiger partial charge in [0.1, 0.15) is 13.2 Å². The van der Waals surface area contributed by atoms with Crippen LogP contribution in [0.3, 0.4) is 0 Å². The maximum Gasteiger partial charge on any atom is 0.338 e. The third-order valence-corrected chi connectivity index (χ3v) is 4.26. The van der Waals surface area contributed by atoms with Crippen LogP contribution in [0.4, 0.5) is 5.69 Å². The Morgan fingerprint density at radius 3 is 2.57 bits per heavy atom. The molecule has 2 aromatic carbocycles. The van der Waals surface area contributed by atoms with Gasteiger partial charge in [-0.25, -0.2) is 4.79 Å². The van der Waals surface area contributed by atoms with Crippen molar-refractivity contribution in [2.75, 3.05) is 32.2 Å². The zero-order valence-electron chi connectivity index (χ0n) is 16.8. The molecule has 0 atom stereocenters. The predicted molar refractivity (Wildman–Crippen MR) is 110 cm³/mol. The van der Waals surface area contributed by atoms with Crippen molar-refractivity contribution >= 4 is 29.2 Å². The van der Waals surface area contributed by atoms with Crippen molar-refractivity contribution in [1.82, 2.24) is 0 Å². The molecule has 0 saturated carbocycles. The van der Waals surface area contributed by atoms with Gasteiger partial charge in [0.25, 0.3) is 5.91 Å². The van der Waals surface area contributed by atoms with Gasteiger partial charge < -0.3 is 29.0 Å². The summed E-state index contributed by atoms with van der Waals surface area (Å²) >= 11 is 6.22. The second kappa shape index (κ2) is 9.58. The largest absolute Gasteiger partial charge is 0.493 e. The number of carbonyl (C=O) groups is 2. The number of hydrogen-bond acceptors (Lipinski definition) is 7. The molecule has 3 rings (SSSR count). The summed E-state index contributed by atoms with van der Waals surface area (Å²) in [6.45, 7) is 4.14. The van der Waals surface area contributed by atoms with Crippen molar-refractivity contribution in [3.63, 3.8) is 0 Å². The minimum absolute atomic E-state index is 0.126. The van der Waals surface area contributed by atoms with Crippen LogP contribution in [0.1, 0.15) is 24.2 Å². The normalized spacial score (nSPS) is 12.3. The molecule has 0 radical (unpaired) electrons. The van der Waals surface area contributed by atoms with E-state index in [1.165, 1.54) is 19.2 Å². The van der Waals surface area contributed by atoms with E-state index in [4.69, 9.17) is 35.3 Å². The van der Waals surface area contributed by atoms with E-state index in [2.05, 4.69) is 5.32 Å². The summed E-state index contributed by atoms with van der Waals surface area (Å²) in [4.78, 5) is 24.5. The molecule has 1 N–H and O–H groups in total. The van der Waals surface area contributed by atoms with Crippen LogP contribution in [0, 0.1) is 0 Å². The minimum atomic E-state index is -0.719. The van der Waals surface area contributed by atoms with Crippen LogP contribution in [0.5, 0.6) is 23.0 Å². The molecule has 1 heterocycles. The van der Waals surface area contributed by atoms with Gasteiger partial charge in [-0.05, 0) is 38.1 Å². The summed E-state index contributed by atoms with van der Waals surface area (Å²) in [5, 5.41) is 2.85. The molecule has 1 aliphatic rings. The number of carbonyl (C=O) groups excluding carboxylic acids is 2. The Kier molecular flexibility index (Phi) is 6.89. The van der Waals surface area contributed by atoms with Gasteiger partial charge in [0.15, 0.2) is 29.6 Å². The fourth-order valence-electron chi connectivity index (χ4n) is 2.72. The van der Waals surface area contributed by atoms with Gasteiger partial charge in [-0.3, -0.25) is 4.79 Å². The summed E-state index contributed by atoms with van der Waals surface area (Å²) < 4.78 is 26.9. The average Bonchev–Trinajstić information content (AvgIpc) is 2.72. The first-order valence-electron chi connectivity index (χ1n) is 9.28. The predicted octanol–water partition coefficient (Wildman–Crippen LogP) is 3.70. The van der Waals surface area contributed by atoms with Crippen molar-refractivity contribution in [3.8, 4) is 23.0 Å². The maximum absolute atomic E-state index is 12.4. The monoisotopic (exact) mass is 435 g/mol. The van der Waals surface area contributed by atoms with Crippen LogP contribution >= 0.6 is 11.6 Å². The highest BCUT2D eigenvalue weighted by Crippen LogP contribution is 2.37. The van der Waals surface area contributed by atoms with Gasteiger partial charge in [0.05, 0.1) is 23.8 Å². The number of amides is 1. The molecule has 9 heteroatoms. The van der Waals surface area contributed by atoms with E-state index in [1.807, 2.05) is 13.8 Å². The topological polar surface area (TPSA) is 92.3 Å². The summed E-state index contributed by atoms with van der Waals surface area (Å²) in [6.07, 6.45) is -0.126. The number of anilines is 1. The smallest absolute Gasteiger partial charge is 0.338 e. The van der Waals surface area contributed by atoms with Crippen molar-refractivity contribution in [2.45, 2.75) is 20.0 Å². The van der Waals surface area contributed by atoms with Crippen molar-refractivity contribution in [1.29, 1.82) is 0 Å². The molecule has 0 spiro atoms. The first-order valence-corrected chi connectivity index (χ1v) is 9.66. The summed E-state index contributed by atoms with van der Waals surface area (Å²) in [7, 11) is 1.44. The number of halogens is 1. The van der Waals surface area contributed by atoms with E-state index >= 15 is 0 Å². The summed E-state index contributed by atoms with van der Waals surface area (Å²) in [5.41, 5.74) is 0.639. The van der Waals surface area contributed by atoms with Gasteiger partial charge in [-0.2, -0.15) is 0 Å². The lowest BCUT2D eigenvalue weighted by Crippen LogP contribution is -2.21. The Hall–Kier alpha value is -3.13. The molecule has 160 valence electrons. The third kappa shape index (κ3) is 5.27. The highest BCUT2D eigenvalue weighted by Gasteiger charge is 2.19. The van der Waals surface area contributed by atoms with Crippen LogP contribution in [0.2, 0.25) is 5.02 Å². The highest BCUT2D eigenvalue weighted by atomic mass is 35.5. The van der Waals surface area contributed by atoms with Gasteiger partial charge in [0, 0.05) is 11.8 Å². The molecule has 0 aliphatic carbocycles. The van der Waals surface area contributed by atoms with Crippen LogP contribution < -0.4 is 24.3 Å². The Bertz CT molecular complexity index is 945. The Labute approximate surface area is 179 Å². The van der Waals surface area contributed by atoms with E-state index in [-0.39, 0.29) is 16.7 Å². The second-order valence-electron chi connectivity index (χ2n) is 6.64. The fourth-order valence-corrected chi connectivity index (χ4v) is 2.98. The SMILES string of the molecule is COc1cc(C(=O)OCC(=O)Nc2ccc3c(c2)OCCO3)cc(Cl)c1OC(C)C. The van der Waals surface area contributed by atoms with Crippen molar-refractivity contribution in [2.24, 2.45) is 0 Å². The Morgan fingerprint density at radius 2 is 1.87 bits per heavy atom. The van der Waals surface area contributed by atoms with Crippen LogP contribution in [0.15, 0.2) is 30.3 Å². The Balaban J connectivity index is 1.61. The number of methoxy groups -OCH3 is 1. The first-order chi connectivity index (χ1) is 14.4. The van der Waals surface area contributed by atoms with E-state index in [1.54, 1.807) is 18.2 Å². The van der Waals surface area contributed by atoms with E-state index in [0.29, 0.717) is 41.9 Å². The molecule has 30 heavy (non-hydrogen) atoms. The average molecular weight is 436 g/mol. The quantitative estimate of drug-likeness (QED) is 0.663. The van der Waals surface area contributed by atoms with Crippen molar-refractivity contribution < 1.29 is 33.3 Å². The molecule has 0 unspecified atom stereocenters. The van der Waals surface area contributed by atoms with Gasteiger partial charge in [-0.1, -0.05) is 11.6 Å². The zero-order valence-corrected chi connectivity index (χ0v) is 17.6. The standard InChI is InChI=1S/C21H22ClNO7/c1-12(2)30-20-15(22)8-13(9-18(20)26-3)21(25)29-11-19(24)23-14-4-5-16-17(10-14)28-7-6-27-16/h4-5,8-10,12H,6-7,11H2,1-3H3,(H,23,24). The summed E-state index contributed by atoms with van der Waals surface area (Å²) in [6, 6.07) is 7.87. The van der Waals surface area contributed by atoms with E-state index in [0.717, 1.165) is 0 Å². The highest BCUT2D eigenvalue weighted by molar-refractivity contribution is 6.32. The maximum atomic E-state index is 12.4. The van der Waals surface area contributed by atoms with Crippen LogP contribution in [-0.4, -0.2) is 44.9 Å². The molecule has 1 amide bonds. The number of esters is 1. The number of rotatable bonds is 7. The van der Waals surface area contributed by atoms with Crippen molar-refractivity contribution in [3.05, 3.63) is 40.9 Å². The Morgan fingerprint density at radius 1 is 1.13 bits per heavy atom. The first kappa shape index (κ1) is 21.6. The number of fused-ring (bicyclic) bond motifs is 1. The van der Waals surface area contributed by atoms with E-state index in [9.17, 15) is 9.59 Å². The zero-order chi connectivity index (χ0) is 21.7. The van der Waals surface area contributed by atoms with Gasteiger partial charge in [-0.15, -0.1) is 0 Å². The fraction of sp³-hybridized carbons (Fsp3) is 0.333. The van der Waals surface area contributed by atoms with E-state index < -0.39 is 18.5 Å². The number of ether oxygens (including phenoxy) is 5. The second-order valence-corrected chi connectivity index (χ2v) is 7.05. The third-order valence-electron chi connectivity index (χ3n) is 3.98. The van der Waals surface area contributed by atoms with Crippen LogP contribution in [-0.2, 0) is 9.53 Å². The number of benzene rings is 2. The molecule has 8 nitrogen and oxygen atoms in total. The molecular formula is C21H22ClNO7. The molecule has 0 bridgehead atoms. The lowest BCUT2D eigenvalue weighted by atomic mass is 10.2. The molecule has 2 aromatic rings. The van der Waals surface area contributed by atoms with Gasteiger partial charge >= 0.3 is 5.97 Å². The number of nitrogens with one attached hydrogen (secondary N) is 1. The summed E-state index contributed by atoms with van der Waals surface area (Å²) in [5.74, 6) is 0.565. The molecule has 0 aromatic heterocycles. The molecular weight excluding hydrogens is 414 g/mol. The molecule has 0 fully saturated rings. The lowest BCUT2D eigenvalue weighted by molar-refractivity contribution is -0.119. The molecule has 0 saturated heterocycles. The molecule has 1 aliphatic heterocycles. The van der Waals surface area contributed by atoms with Crippen LogP contribution in [0.25, 0.3) is 0 Å². The lowest BCUT2D eigenvalue weighted by Gasteiger charge is -2.19. The minimum Gasteiger partial charge on any atom is -0.493 e.